The number of aromatic nitrogens is 1. The molecule has 0 aliphatic rings. The molecule has 1 atom stereocenters. The molecule has 0 saturated carbocycles. The first-order chi connectivity index (χ1) is 8.70. The third-order valence-corrected chi connectivity index (χ3v) is 4.02. The molecule has 4 heteroatoms. The summed E-state index contributed by atoms with van der Waals surface area (Å²) < 4.78 is 0. The van der Waals surface area contributed by atoms with Gasteiger partial charge >= 0.3 is 0 Å². The van der Waals surface area contributed by atoms with Gasteiger partial charge in [0.15, 0.2) is 5.13 Å². The van der Waals surface area contributed by atoms with Gasteiger partial charge in [0, 0.05) is 19.3 Å². The van der Waals surface area contributed by atoms with E-state index in [1.807, 2.05) is 18.2 Å². The molecule has 0 aliphatic heterocycles. The van der Waals surface area contributed by atoms with Crippen LogP contribution in [0.4, 0.5) is 5.13 Å². The van der Waals surface area contributed by atoms with Crippen LogP contribution in [0.2, 0.25) is 0 Å². The zero-order valence-corrected chi connectivity index (χ0v) is 11.5. The summed E-state index contributed by atoms with van der Waals surface area (Å²) in [5.41, 5.74) is 1.27. The Bertz CT molecular complexity index is 482. The summed E-state index contributed by atoms with van der Waals surface area (Å²) in [6.45, 7) is 5.64. The summed E-state index contributed by atoms with van der Waals surface area (Å²) in [5, 5.41) is 10.5. The van der Waals surface area contributed by atoms with E-state index in [2.05, 4.69) is 28.9 Å². The monoisotopic (exact) mass is 262 g/mol. The Hall–Kier alpha value is -1.39. The molecule has 1 aromatic heterocycles. The zero-order valence-electron chi connectivity index (χ0n) is 10.7. The summed E-state index contributed by atoms with van der Waals surface area (Å²) >= 11 is 1.56. The van der Waals surface area contributed by atoms with Gasteiger partial charge in [0.25, 0.3) is 0 Å². The third-order valence-electron chi connectivity index (χ3n) is 2.79. The highest BCUT2D eigenvalue weighted by Crippen LogP contribution is 2.27. The van der Waals surface area contributed by atoms with E-state index in [1.165, 1.54) is 5.56 Å². The molecule has 0 radical (unpaired) electrons. The van der Waals surface area contributed by atoms with E-state index in [4.69, 9.17) is 0 Å². The minimum absolute atomic E-state index is 0.438. The lowest BCUT2D eigenvalue weighted by molar-refractivity contribution is 0.203. The van der Waals surface area contributed by atoms with E-state index in [0.29, 0.717) is 0 Å². The lowest BCUT2D eigenvalue weighted by Crippen LogP contribution is -2.21. The number of nitrogens with zero attached hydrogens (tertiary/aromatic N) is 2. The van der Waals surface area contributed by atoms with Crippen molar-refractivity contribution in [2.24, 2.45) is 0 Å². The summed E-state index contributed by atoms with van der Waals surface area (Å²) in [4.78, 5) is 7.52. The van der Waals surface area contributed by atoms with Gasteiger partial charge < -0.3 is 10.0 Å². The van der Waals surface area contributed by atoms with Crippen LogP contribution in [0.15, 0.2) is 36.5 Å². The Balaban J connectivity index is 2.13. The molecule has 0 spiro atoms. The molecule has 0 aliphatic carbocycles. The number of hydrogen-bond acceptors (Lipinski definition) is 4. The second kappa shape index (κ2) is 5.98. The molecule has 0 bridgehead atoms. The topological polar surface area (TPSA) is 36.4 Å². The highest BCUT2D eigenvalue weighted by Gasteiger charge is 2.12. The Morgan fingerprint density at radius 3 is 2.61 bits per heavy atom. The number of aliphatic hydroxyl groups is 1. The van der Waals surface area contributed by atoms with Crippen LogP contribution in [0.25, 0.3) is 0 Å². The molecule has 1 aromatic carbocycles. The van der Waals surface area contributed by atoms with Crippen LogP contribution in [0.5, 0.6) is 0 Å². The summed E-state index contributed by atoms with van der Waals surface area (Å²) in [5.74, 6) is 0. The highest BCUT2D eigenvalue weighted by atomic mass is 32.1. The predicted molar refractivity (Wildman–Crippen MR) is 75.9 cm³/mol. The largest absolute Gasteiger partial charge is 0.388 e. The number of hydrogen-bond donors (Lipinski definition) is 1. The van der Waals surface area contributed by atoms with Crippen LogP contribution in [-0.4, -0.2) is 16.6 Å². The Morgan fingerprint density at radius 1 is 1.33 bits per heavy atom. The fraction of sp³-hybridized carbons (Fsp3) is 0.357. The number of rotatable bonds is 5. The van der Waals surface area contributed by atoms with Crippen molar-refractivity contribution in [3.8, 4) is 0 Å². The molecule has 2 aromatic rings. The first kappa shape index (κ1) is 13.1. The molecule has 18 heavy (non-hydrogen) atoms. The average molecular weight is 262 g/mol. The van der Waals surface area contributed by atoms with Crippen LogP contribution < -0.4 is 4.90 Å². The Morgan fingerprint density at radius 2 is 2.06 bits per heavy atom. The number of thiazole rings is 1. The smallest absolute Gasteiger partial charge is 0.185 e. The van der Waals surface area contributed by atoms with E-state index in [-0.39, 0.29) is 0 Å². The van der Waals surface area contributed by atoms with Crippen molar-refractivity contribution < 1.29 is 5.11 Å². The van der Waals surface area contributed by atoms with Crippen LogP contribution in [0.1, 0.15) is 30.4 Å². The van der Waals surface area contributed by atoms with Crippen molar-refractivity contribution in [1.82, 2.24) is 4.98 Å². The minimum atomic E-state index is -0.438. The maximum Gasteiger partial charge on any atom is 0.185 e. The minimum Gasteiger partial charge on any atom is -0.388 e. The molecule has 96 valence electrons. The SMILES string of the molecule is CCN(Cc1ccccc1)c1ncc(C(C)O)s1. The molecule has 0 amide bonds. The second-order valence-electron chi connectivity index (χ2n) is 4.22. The fourth-order valence-electron chi connectivity index (χ4n) is 1.73. The van der Waals surface area contributed by atoms with Gasteiger partial charge in [0.05, 0.1) is 11.0 Å². The lowest BCUT2D eigenvalue weighted by atomic mass is 10.2. The van der Waals surface area contributed by atoms with Crippen LogP contribution in [0.3, 0.4) is 0 Å². The molecule has 2 rings (SSSR count). The first-order valence-corrected chi connectivity index (χ1v) is 6.95. The van der Waals surface area contributed by atoms with Gasteiger partial charge in [-0.15, -0.1) is 0 Å². The molecule has 1 heterocycles. The quantitative estimate of drug-likeness (QED) is 0.898. The van der Waals surface area contributed by atoms with E-state index in [1.54, 1.807) is 24.5 Å². The summed E-state index contributed by atoms with van der Waals surface area (Å²) in [6.07, 6.45) is 1.32. The van der Waals surface area contributed by atoms with Gasteiger partial charge in [0.2, 0.25) is 0 Å². The molecule has 3 nitrogen and oxygen atoms in total. The molecular formula is C14H18N2OS. The molecule has 0 saturated heterocycles. The van der Waals surface area contributed by atoms with Crippen molar-refractivity contribution in [3.05, 3.63) is 47.0 Å². The maximum absolute atomic E-state index is 9.53. The number of anilines is 1. The summed E-state index contributed by atoms with van der Waals surface area (Å²) in [6, 6.07) is 10.4. The van der Waals surface area contributed by atoms with Gasteiger partial charge in [0.1, 0.15) is 0 Å². The number of aliphatic hydroxyl groups excluding tert-OH is 1. The third kappa shape index (κ3) is 3.09. The van der Waals surface area contributed by atoms with Crippen molar-refractivity contribution in [3.63, 3.8) is 0 Å². The van der Waals surface area contributed by atoms with Crippen LogP contribution in [-0.2, 0) is 6.54 Å². The van der Waals surface area contributed by atoms with E-state index in [0.717, 1.165) is 23.1 Å². The second-order valence-corrected chi connectivity index (χ2v) is 5.26. The first-order valence-electron chi connectivity index (χ1n) is 6.13. The Kier molecular flexibility index (Phi) is 4.33. The van der Waals surface area contributed by atoms with Gasteiger partial charge in [-0.2, -0.15) is 0 Å². The van der Waals surface area contributed by atoms with Crippen LogP contribution >= 0.6 is 11.3 Å². The molecule has 1 unspecified atom stereocenters. The number of benzene rings is 1. The molecule has 0 fully saturated rings. The standard InChI is InChI=1S/C14H18N2OS/c1-3-16(10-12-7-5-4-6-8-12)14-15-9-13(18-14)11(2)17/h4-9,11,17H,3,10H2,1-2H3. The maximum atomic E-state index is 9.53. The normalized spacial score (nSPS) is 12.4. The van der Waals surface area contributed by atoms with Crippen molar-refractivity contribution >= 4 is 16.5 Å². The van der Waals surface area contributed by atoms with Crippen molar-refractivity contribution in [2.75, 3.05) is 11.4 Å². The predicted octanol–water partition coefficient (Wildman–Crippen LogP) is 3.22. The van der Waals surface area contributed by atoms with Crippen LogP contribution in [0, 0.1) is 0 Å². The van der Waals surface area contributed by atoms with Gasteiger partial charge in [-0.3, -0.25) is 0 Å². The lowest BCUT2D eigenvalue weighted by Gasteiger charge is -2.19. The zero-order chi connectivity index (χ0) is 13.0. The average Bonchev–Trinajstić information content (AvgIpc) is 2.87. The Labute approximate surface area is 112 Å². The van der Waals surface area contributed by atoms with Gasteiger partial charge in [-0.25, -0.2) is 4.98 Å². The highest BCUT2D eigenvalue weighted by molar-refractivity contribution is 7.15. The van der Waals surface area contributed by atoms with E-state index >= 15 is 0 Å². The van der Waals surface area contributed by atoms with Crippen molar-refractivity contribution in [1.29, 1.82) is 0 Å². The summed E-state index contributed by atoms with van der Waals surface area (Å²) in [7, 11) is 0. The van der Waals surface area contributed by atoms with E-state index < -0.39 is 6.10 Å². The fourth-order valence-corrected chi connectivity index (χ4v) is 2.65. The van der Waals surface area contributed by atoms with Gasteiger partial charge in [-0.05, 0) is 19.4 Å². The van der Waals surface area contributed by atoms with E-state index in [9.17, 15) is 5.11 Å². The van der Waals surface area contributed by atoms with Gasteiger partial charge in [-0.1, -0.05) is 41.7 Å². The molecule has 1 N–H and O–H groups in total. The molecular weight excluding hydrogens is 244 g/mol. The van der Waals surface area contributed by atoms with Crippen molar-refractivity contribution in [2.45, 2.75) is 26.5 Å².